The molecule has 0 radical (unpaired) electrons. The Morgan fingerprint density at radius 2 is 1.93 bits per heavy atom. The summed E-state index contributed by atoms with van der Waals surface area (Å²) in [6, 6.07) is 0. The Balaban J connectivity index is 4.60. The van der Waals surface area contributed by atoms with Crippen LogP contribution in [0.1, 0.15) is 47.0 Å². The molecule has 1 N–H and O–H groups in total. The van der Waals surface area contributed by atoms with Gasteiger partial charge in [-0.15, -0.1) is 0 Å². The lowest BCUT2D eigenvalue weighted by atomic mass is 9.93. The first kappa shape index (κ1) is 14.2. The van der Waals surface area contributed by atoms with E-state index in [1.165, 1.54) is 0 Å². The Hall–Kier alpha value is -0.830. The molecule has 0 heterocycles. The molecule has 15 heavy (non-hydrogen) atoms. The largest absolute Gasteiger partial charge is 0.456 e. The third-order valence-corrected chi connectivity index (χ3v) is 2.92. The van der Waals surface area contributed by atoms with Gasteiger partial charge in [-0.25, -0.2) is 4.79 Å². The van der Waals surface area contributed by atoms with Gasteiger partial charge in [-0.1, -0.05) is 19.9 Å². The van der Waals surface area contributed by atoms with Crippen LogP contribution in [0.5, 0.6) is 0 Å². The van der Waals surface area contributed by atoms with Crippen molar-refractivity contribution in [3.8, 4) is 0 Å². The zero-order chi connectivity index (χ0) is 11.9. The van der Waals surface area contributed by atoms with Crippen LogP contribution in [0.2, 0.25) is 0 Å². The average Bonchev–Trinajstić information content (AvgIpc) is 2.27. The van der Waals surface area contributed by atoms with Crippen LogP contribution in [-0.2, 0) is 9.53 Å². The summed E-state index contributed by atoms with van der Waals surface area (Å²) in [4.78, 5) is 11.6. The second-order valence-electron chi connectivity index (χ2n) is 3.72. The zero-order valence-electron chi connectivity index (χ0n) is 10.2. The van der Waals surface area contributed by atoms with Gasteiger partial charge in [-0.2, -0.15) is 0 Å². The maximum absolute atomic E-state index is 11.6. The lowest BCUT2D eigenvalue weighted by Gasteiger charge is -2.31. The molecule has 0 bridgehead atoms. The number of ether oxygens (including phenoxy) is 1. The summed E-state index contributed by atoms with van der Waals surface area (Å²) in [5.74, 6) is -0.283. The van der Waals surface area contributed by atoms with Gasteiger partial charge >= 0.3 is 5.97 Å². The highest BCUT2D eigenvalue weighted by Crippen LogP contribution is 2.25. The third kappa shape index (κ3) is 4.04. The number of aliphatic hydroxyl groups excluding tert-OH is 1. The minimum absolute atomic E-state index is 0.0455. The van der Waals surface area contributed by atoms with Crippen molar-refractivity contribution >= 4 is 5.97 Å². The molecule has 0 spiro atoms. The summed E-state index contributed by atoms with van der Waals surface area (Å²) >= 11 is 0. The summed E-state index contributed by atoms with van der Waals surface area (Å²) in [5.41, 5.74) is 0.107. The molecule has 0 atom stereocenters. The van der Waals surface area contributed by atoms with E-state index in [2.05, 4.69) is 0 Å². The molecule has 0 saturated carbocycles. The number of carbonyl (C=O) groups is 1. The van der Waals surface area contributed by atoms with Crippen LogP contribution in [-0.4, -0.2) is 23.3 Å². The first-order valence-electron chi connectivity index (χ1n) is 5.52. The first-order valence-corrected chi connectivity index (χ1v) is 5.52. The Bertz CT molecular complexity index is 227. The Labute approximate surface area is 92.1 Å². The SMILES string of the molecule is CC=C(C)C(=O)OC(CC)(CC)CCO. The van der Waals surface area contributed by atoms with Gasteiger partial charge in [0.15, 0.2) is 0 Å². The molecule has 0 aliphatic rings. The number of hydrogen-bond donors (Lipinski definition) is 1. The van der Waals surface area contributed by atoms with E-state index in [1.807, 2.05) is 20.8 Å². The van der Waals surface area contributed by atoms with E-state index in [1.54, 1.807) is 13.0 Å². The smallest absolute Gasteiger partial charge is 0.333 e. The maximum Gasteiger partial charge on any atom is 0.333 e. The van der Waals surface area contributed by atoms with Gasteiger partial charge < -0.3 is 9.84 Å². The van der Waals surface area contributed by atoms with Crippen molar-refractivity contribution in [2.24, 2.45) is 0 Å². The third-order valence-electron chi connectivity index (χ3n) is 2.92. The van der Waals surface area contributed by atoms with Crippen molar-refractivity contribution in [1.29, 1.82) is 0 Å². The van der Waals surface area contributed by atoms with Gasteiger partial charge in [0.2, 0.25) is 0 Å². The molecule has 0 aromatic rings. The molecular weight excluding hydrogens is 192 g/mol. The van der Waals surface area contributed by atoms with Crippen molar-refractivity contribution in [3.63, 3.8) is 0 Å². The van der Waals surface area contributed by atoms with E-state index in [-0.39, 0.29) is 12.6 Å². The summed E-state index contributed by atoms with van der Waals surface area (Å²) < 4.78 is 5.46. The highest BCUT2D eigenvalue weighted by Gasteiger charge is 2.30. The second-order valence-corrected chi connectivity index (χ2v) is 3.72. The highest BCUT2D eigenvalue weighted by atomic mass is 16.6. The van der Waals surface area contributed by atoms with Gasteiger partial charge in [0.1, 0.15) is 5.60 Å². The summed E-state index contributed by atoms with van der Waals surface area (Å²) in [5, 5.41) is 8.97. The molecule has 0 amide bonds. The van der Waals surface area contributed by atoms with E-state index >= 15 is 0 Å². The van der Waals surface area contributed by atoms with Gasteiger partial charge in [-0.05, 0) is 26.7 Å². The van der Waals surface area contributed by atoms with Crippen molar-refractivity contribution in [2.75, 3.05) is 6.61 Å². The minimum Gasteiger partial charge on any atom is -0.456 e. The van der Waals surface area contributed by atoms with Gasteiger partial charge in [-0.3, -0.25) is 0 Å². The molecule has 0 aromatic carbocycles. The molecule has 3 heteroatoms. The maximum atomic E-state index is 11.6. The fourth-order valence-corrected chi connectivity index (χ4v) is 1.40. The summed E-state index contributed by atoms with van der Waals surface area (Å²) in [7, 11) is 0. The number of carbonyl (C=O) groups excluding carboxylic acids is 1. The zero-order valence-corrected chi connectivity index (χ0v) is 10.2. The topological polar surface area (TPSA) is 46.5 Å². The van der Waals surface area contributed by atoms with E-state index < -0.39 is 5.60 Å². The fraction of sp³-hybridized carbons (Fsp3) is 0.750. The van der Waals surface area contributed by atoms with Crippen molar-refractivity contribution in [3.05, 3.63) is 11.6 Å². The molecule has 0 aromatic heterocycles. The standard InChI is InChI=1S/C12H22O3/c1-5-10(4)11(14)15-12(6-2,7-3)8-9-13/h5,13H,6-9H2,1-4H3. The number of rotatable bonds is 6. The van der Waals surface area contributed by atoms with Crippen LogP contribution in [0.25, 0.3) is 0 Å². The van der Waals surface area contributed by atoms with Crippen molar-refractivity contribution in [2.45, 2.75) is 52.6 Å². The van der Waals surface area contributed by atoms with E-state index in [9.17, 15) is 4.79 Å². The second kappa shape index (κ2) is 6.62. The predicted octanol–water partition coefficient (Wildman–Crippen LogP) is 2.44. The Morgan fingerprint density at radius 3 is 2.27 bits per heavy atom. The molecule has 0 aliphatic heterocycles. The average molecular weight is 214 g/mol. The first-order chi connectivity index (χ1) is 7.05. The Morgan fingerprint density at radius 1 is 1.40 bits per heavy atom. The quantitative estimate of drug-likeness (QED) is 0.545. The molecule has 3 nitrogen and oxygen atoms in total. The molecule has 0 saturated heterocycles. The molecule has 0 rings (SSSR count). The van der Waals surface area contributed by atoms with Crippen LogP contribution in [0.15, 0.2) is 11.6 Å². The Kier molecular flexibility index (Phi) is 6.25. The van der Waals surface area contributed by atoms with Gasteiger partial charge in [0.05, 0.1) is 0 Å². The normalized spacial score (nSPS) is 12.7. The van der Waals surface area contributed by atoms with Crippen LogP contribution in [0, 0.1) is 0 Å². The van der Waals surface area contributed by atoms with Crippen molar-refractivity contribution in [1.82, 2.24) is 0 Å². The lowest BCUT2D eigenvalue weighted by Crippen LogP contribution is -2.35. The molecule has 0 unspecified atom stereocenters. The monoisotopic (exact) mass is 214 g/mol. The molecule has 88 valence electrons. The van der Waals surface area contributed by atoms with Crippen LogP contribution in [0.3, 0.4) is 0 Å². The van der Waals surface area contributed by atoms with E-state index in [4.69, 9.17) is 9.84 Å². The minimum atomic E-state index is -0.504. The van der Waals surface area contributed by atoms with E-state index in [0.29, 0.717) is 12.0 Å². The lowest BCUT2D eigenvalue weighted by molar-refractivity contribution is -0.157. The number of allylic oxidation sites excluding steroid dienone is 1. The van der Waals surface area contributed by atoms with Crippen LogP contribution in [0.4, 0.5) is 0 Å². The van der Waals surface area contributed by atoms with Crippen LogP contribution >= 0.6 is 0 Å². The molecule has 0 fully saturated rings. The van der Waals surface area contributed by atoms with Gasteiger partial charge in [0, 0.05) is 18.6 Å². The van der Waals surface area contributed by atoms with Gasteiger partial charge in [0.25, 0.3) is 0 Å². The van der Waals surface area contributed by atoms with E-state index in [0.717, 1.165) is 12.8 Å². The van der Waals surface area contributed by atoms with Crippen LogP contribution < -0.4 is 0 Å². The van der Waals surface area contributed by atoms with Crippen molar-refractivity contribution < 1.29 is 14.6 Å². The summed E-state index contributed by atoms with van der Waals surface area (Å²) in [6.45, 7) is 7.53. The molecule has 0 aliphatic carbocycles. The number of hydrogen-bond acceptors (Lipinski definition) is 3. The highest BCUT2D eigenvalue weighted by molar-refractivity contribution is 5.87. The number of aliphatic hydroxyl groups is 1. The molecular formula is C12H22O3. The summed E-state index contributed by atoms with van der Waals surface area (Å²) in [6.07, 6.45) is 3.69. The fourth-order valence-electron chi connectivity index (χ4n) is 1.40. The predicted molar refractivity (Wildman–Crippen MR) is 60.5 cm³/mol. The number of esters is 1.